The summed E-state index contributed by atoms with van der Waals surface area (Å²) in [6.07, 6.45) is 1.05. The fourth-order valence-electron chi connectivity index (χ4n) is 2.36. The predicted octanol–water partition coefficient (Wildman–Crippen LogP) is 3.45. The molecule has 0 aromatic heterocycles. The van der Waals surface area contributed by atoms with Gasteiger partial charge in [-0.3, -0.25) is 4.79 Å². The highest BCUT2D eigenvalue weighted by molar-refractivity contribution is 5.78. The molecule has 0 fully saturated rings. The minimum atomic E-state index is -0.186. The molecule has 3 heteroatoms. The molecule has 0 aliphatic heterocycles. The van der Waals surface area contributed by atoms with Gasteiger partial charge in [0.05, 0.1) is 6.54 Å². The van der Waals surface area contributed by atoms with Crippen molar-refractivity contribution in [2.24, 2.45) is 5.92 Å². The second-order valence-electron chi connectivity index (χ2n) is 7.00. The van der Waals surface area contributed by atoms with E-state index in [0.29, 0.717) is 12.5 Å². The van der Waals surface area contributed by atoms with Crippen LogP contribution in [-0.2, 0) is 11.2 Å². The van der Waals surface area contributed by atoms with E-state index in [1.54, 1.807) is 0 Å². The van der Waals surface area contributed by atoms with Crippen molar-refractivity contribution in [3.8, 4) is 0 Å². The lowest BCUT2D eigenvalue weighted by molar-refractivity contribution is -0.121. The number of carbonyl (C=O) groups excluding carboxylic acids is 1. The molecular weight excluding hydrogens is 260 g/mol. The lowest BCUT2D eigenvalue weighted by Crippen LogP contribution is -2.45. The molecule has 21 heavy (non-hydrogen) atoms. The molecule has 1 aromatic carbocycles. The third-order valence-corrected chi connectivity index (χ3v) is 3.41. The summed E-state index contributed by atoms with van der Waals surface area (Å²) in [7, 11) is 0. The van der Waals surface area contributed by atoms with E-state index in [-0.39, 0.29) is 17.5 Å². The van der Waals surface area contributed by atoms with E-state index in [9.17, 15) is 4.79 Å². The molecule has 3 nitrogen and oxygen atoms in total. The van der Waals surface area contributed by atoms with Crippen LogP contribution in [0.2, 0.25) is 0 Å². The first kappa shape index (κ1) is 17.7. The van der Waals surface area contributed by atoms with Gasteiger partial charge in [0.2, 0.25) is 5.91 Å². The number of hydrogen-bond acceptors (Lipinski definition) is 2. The molecule has 0 bridgehead atoms. The van der Waals surface area contributed by atoms with Gasteiger partial charge < -0.3 is 10.6 Å². The molecule has 0 aliphatic rings. The number of aryl methyl sites for hydroxylation is 1. The number of nitrogens with one attached hydrogen (secondary N) is 2. The fraction of sp³-hybridized carbons (Fsp3) is 0.611. The van der Waals surface area contributed by atoms with Crippen LogP contribution in [0.25, 0.3) is 0 Å². The lowest BCUT2D eigenvalue weighted by atomic mass is 9.95. The van der Waals surface area contributed by atoms with Gasteiger partial charge in [-0.2, -0.15) is 0 Å². The maximum absolute atomic E-state index is 11.9. The summed E-state index contributed by atoms with van der Waals surface area (Å²) in [5.74, 6) is 0.471. The van der Waals surface area contributed by atoms with Crippen LogP contribution in [0.5, 0.6) is 0 Å². The molecule has 0 unspecified atom stereocenters. The van der Waals surface area contributed by atoms with Crippen molar-refractivity contribution < 1.29 is 4.79 Å². The second-order valence-corrected chi connectivity index (χ2v) is 7.00. The van der Waals surface area contributed by atoms with Crippen molar-refractivity contribution in [1.82, 2.24) is 10.6 Å². The summed E-state index contributed by atoms with van der Waals surface area (Å²) in [4.78, 5) is 11.9. The normalized spacial score (nSPS) is 13.3. The Morgan fingerprint density at radius 1 is 1.14 bits per heavy atom. The van der Waals surface area contributed by atoms with Crippen molar-refractivity contribution in [3.05, 3.63) is 35.4 Å². The second kappa shape index (κ2) is 7.60. The molecule has 0 saturated heterocycles. The zero-order valence-corrected chi connectivity index (χ0v) is 14.3. The van der Waals surface area contributed by atoms with Crippen LogP contribution in [0.4, 0.5) is 0 Å². The first-order valence-corrected chi connectivity index (χ1v) is 7.86. The topological polar surface area (TPSA) is 41.1 Å². The Labute approximate surface area is 129 Å². The summed E-state index contributed by atoms with van der Waals surface area (Å²) < 4.78 is 0. The number of carbonyl (C=O) groups is 1. The highest BCUT2D eigenvalue weighted by Gasteiger charge is 2.18. The van der Waals surface area contributed by atoms with Gasteiger partial charge in [0, 0.05) is 11.6 Å². The Balaban J connectivity index is 2.67. The zero-order chi connectivity index (χ0) is 16.0. The smallest absolute Gasteiger partial charge is 0.234 e. The first-order valence-electron chi connectivity index (χ1n) is 7.86. The minimum absolute atomic E-state index is 0.0401. The maximum atomic E-state index is 11.9. The average Bonchev–Trinajstić information content (AvgIpc) is 2.37. The molecule has 1 aromatic rings. The number of rotatable bonds is 6. The van der Waals surface area contributed by atoms with Crippen LogP contribution in [-0.4, -0.2) is 18.0 Å². The number of amides is 1. The summed E-state index contributed by atoms with van der Waals surface area (Å²) in [5.41, 5.74) is 2.40. The zero-order valence-electron chi connectivity index (χ0n) is 14.3. The number of benzene rings is 1. The molecule has 1 atom stereocenters. The molecule has 0 aliphatic carbocycles. The van der Waals surface area contributed by atoms with E-state index in [1.165, 1.54) is 11.1 Å². The van der Waals surface area contributed by atoms with E-state index in [2.05, 4.69) is 55.7 Å². The van der Waals surface area contributed by atoms with Gasteiger partial charge in [-0.1, -0.05) is 45.0 Å². The Kier molecular flexibility index (Phi) is 6.41. The summed E-state index contributed by atoms with van der Waals surface area (Å²) in [6, 6.07) is 8.86. The van der Waals surface area contributed by atoms with E-state index >= 15 is 0 Å². The van der Waals surface area contributed by atoms with Gasteiger partial charge in [0.15, 0.2) is 0 Å². The highest BCUT2D eigenvalue weighted by atomic mass is 16.2. The monoisotopic (exact) mass is 290 g/mol. The molecule has 0 radical (unpaired) electrons. The Morgan fingerprint density at radius 3 is 2.14 bits per heavy atom. The minimum Gasteiger partial charge on any atom is -0.350 e. The van der Waals surface area contributed by atoms with Gasteiger partial charge in [0.25, 0.3) is 0 Å². The van der Waals surface area contributed by atoms with Crippen LogP contribution in [0.15, 0.2) is 24.3 Å². The summed E-state index contributed by atoms with van der Waals surface area (Å²) >= 11 is 0. The first-order chi connectivity index (χ1) is 9.73. The largest absolute Gasteiger partial charge is 0.350 e. The maximum Gasteiger partial charge on any atom is 0.234 e. The molecule has 0 heterocycles. The Hall–Kier alpha value is -1.35. The quantitative estimate of drug-likeness (QED) is 0.842. The summed E-state index contributed by atoms with van der Waals surface area (Å²) in [5, 5.41) is 6.36. The third-order valence-electron chi connectivity index (χ3n) is 3.41. The van der Waals surface area contributed by atoms with Crippen LogP contribution in [0.1, 0.15) is 58.7 Å². The van der Waals surface area contributed by atoms with E-state index in [1.807, 2.05) is 20.8 Å². The lowest BCUT2D eigenvalue weighted by Gasteiger charge is -2.25. The molecule has 0 spiro atoms. The van der Waals surface area contributed by atoms with Gasteiger partial charge in [-0.15, -0.1) is 0 Å². The predicted molar refractivity (Wildman–Crippen MR) is 89.3 cm³/mol. The van der Waals surface area contributed by atoms with Crippen molar-refractivity contribution in [2.75, 3.05) is 6.54 Å². The van der Waals surface area contributed by atoms with Crippen molar-refractivity contribution in [1.29, 1.82) is 0 Å². The number of hydrogen-bond donors (Lipinski definition) is 2. The van der Waals surface area contributed by atoms with Crippen molar-refractivity contribution in [3.63, 3.8) is 0 Å². The molecule has 118 valence electrons. The van der Waals surface area contributed by atoms with Gasteiger partial charge in [-0.25, -0.2) is 0 Å². The van der Waals surface area contributed by atoms with Crippen LogP contribution in [0.3, 0.4) is 0 Å². The van der Waals surface area contributed by atoms with Crippen molar-refractivity contribution in [2.45, 2.75) is 59.5 Å². The van der Waals surface area contributed by atoms with Gasteiger partial charge in [0.1, 0.15) is 0 Å². The molecule has 0 saturated carbocycles. The Morgan fingerprint density at radius 2 is 1.71 bits per heavy atom. The van der Waals surface area contributed by atoms with Crippen LogP contribution in [0, 0.1) is 5.92 Å². The van der Waals surface area contributed by atoms with E-state index in [4.69, 9.17) is 0 Å². The van der Waals surface area contributed by atoms with E-state index < -0.39 is 0 Å². The molecule has 1 rings (SSSR count). The average molecular weight is 290 g/mol. The highest BCUT2D eigenvalue weighted by Crippen LogP contribution is 2.22. The van der Waals surface area contributed by atoms with Crippen LogP contribution < -0.4 is 10.6 Å². The SMILES string of the molecule is CCc1ccc([C@H](NCC(=O)NC(C)(C)C)C(C)C)cc1. The molecular formula is C18H30N2O. The Bertz CT molecular complexity index is 443. The van der Waals surface area contributed by atoms with Gasteiger partial charge >= 0.3 is 0 Å². The summed E-state index contributed by atoms with van der Waals surface area (Å²) in [6.45, 7) is 12.8. The van der Waals surface area contributed by atoms with E-state index in [0.717, 1.165) is 6.42 Å². The molecule has 2 N–H and O–H groups in total. The fourth-order valence-corrected chi connectivity index (χ4v) is 2.36. The van der Waals surface area contributed by atoms with Gasteiger partial charge in [-0.05, 0) is 44.2 Å². The third kappa shape index (κ3) is 6.30. The molecule has 1 amide bonds. The standard InChI is InChI=1S/C18H30N2O/c1-7-14-8-10-15(11-9-14)17(13(2)3)19-12-16(21)20-18(4,5)6/h8-11,13,17,19H,7,12H2,1-6H3,(H,20,21)/t17-/m1/s1. The van der Waals surface area contributed by atoms with Crippen LogP contribution >= 0.6 is 0 Å². The van der Waals surface area contributed by atoms with Crippen molar-refractivity contribution >= 4 is 5.91 Å².